The Balaban J connectivity index is 2.36. The van der Waals surface area contributed by atoms with E-state index in [2.05, 4.69) is 26.0 Å². The van der Waals surface area contributed by atoms with Crippen molar-refractivity contribution in [1.82, 2.24) is 5.06 Å². The van der Waals surface area contributed by atoms with Crippen LogP contribution in [0.4, 0.5) is 0 Å². The Morgan fingerprint density at radius 3 is 2.27 bits per heavy atom. The molecule has 0 saturated carbocycles. The SMILES string of the molecule is CCC(CC)N(O)CCc1ccccc1. The van der Waals surface area contributed by atoms with Crippen molar-refractivity contribution in [3.8, 4) is 0 Å². The Hall–Kier alpha value is -0.860. The summed E-state index contributed by atoms with van der Waals surface area (Å²) in [6.07, 6.45) is 2.91. The molecule has 0 aliphatic heterocycles. The van der Waals surface area contributed by atoms with Gasteiger partial charge in [0.25, 0.3) is 0 Å². The molecule has 0 spiro atoms. The van der Waals surface area contributed by atoms with Gasteiger partial charge in [0.1, 0.15) is 0 Å². The first kappa shape index (κ1) is 12.2. The molecular weight excluding hydrogens is 186 g/mol. The van der Waals surface area contributed by atoms with E-state index in [1.165, 1.54) is 10.6 Å². The maximum absolute atomic E-state index is 9.80. The third kappa shape index (κ3) is 4.02. The molecule has 0 saturated heterocycles. The maximum atomic E-state index is 9.80. The van der Waals surface area contributed by atoms with Gasteiger partial charge in [0.2, 0.25) is 0 Å². The molecule has 0 radical (unpaired) electrons. The molecular formula is C13H21NO. The van der Waals surface area contributed by atoms with Gasteiger partial charge in [0, 0.05) is 12.6 Å². The van der Waals surface area contributed by atoms with E-state index < -0.39 is 0 Å². The molecule has 0 aliphatic rings. The number of benzene rings is 1. The quantitative estimate of drug-likeness (QED) is 0.724. The standard InChI is InChI=1S/C13H21NO/c1-3-13(4-2)14(15)11-10-12-8-6-5-7-9-12/h5-9,13,15H,3-4,10-11H2,1-2H3. The molecule has 0 fully saturated rings. The van der Waals surface area contributed by atoms with Gasteiger partial charge in [-0.1, -0.05) is 44.2 Å². The van der Waals surface area contributed by atoms with Crippen molar-refractivity contribution in [2.45, 2.75) is 39.2 Å². The number of hydroxylamine groups is 2. The smallest absolute Gasteiger partial charge is 0.0345 e. The first-order valence-electron chi connectivity index (χ1n) is 5.77. The monoisotopic (exact) mass is 207 g/mol. The van der Waals surface area contributed by atoms with Gasteiger partial charge in [-0.2, -0.15) is 5.06 Å². The lowest BCUT2D eigenvalue weighted by atomic mass is 10.1. The van der Waals surface area contributed by atoms with Gasteiger partial charge in [0.05, 0.1) is 0 Å². The van der Waals surface area contributed by atoms with Crippen LogP contribution in [0.3, 0.4) is 0 Å². The van der Waals surface area contributed by atoms with Crippen molar-refractivity contribution < 1.29 is 5.21 Å². The Morgan fingerprint density at radius 1 is 1.13 bits per heavy atom. The van der Waals surface area contributed by atoms with E-state index in [1.54, 1.807) is 0 Å². The minimum Gasteiger partial charge on any atom is -0.314 e. The summed E-state index contributed by atoms with van der Waals surface area (Å²) < 4.78 is 0. The Kier molecular flexibility index (Phi) is 5.37. The predicted molar refractivity (Wildman–Crippen MR) is 63.0 cm³/mol. The number of hydrogen-bond donors (Lipinski definition) is 1. The average molecular weight is 207 g/mol. The topological polar surface area (TPSA) is 23.5 Å². The summed E-state index contributed by atoms with van der Waals surface area (Å²) in [6.45, 7) is 4.94. The maximum Gasteiger partial charge on any atom is 0.0345 e. The molecule has 1 rings (SSSR count). The number of nitrogens with zero attached hydrogens (tertiary/aromatic N) is 1. The zero-order valence-electron chi connectivity index (χ0n) is 9.69. The first-order chi connectivity index (χ1) is 7.27. The van der Waals surface area contributed by atoms with E-state index in [9.17, 15) is 5.21 Å². The Morgan fingerprint density at radius 2 is 1.73 bits per heavy atom. The fourth-order valence-corrected chi connectivity index (χ4v) is 1.78. The van der Waals surface area contributed by atoms with E-state index in [1.807, 2.05) is 18.2 Å². The highest BCUT2D eigenvalue weighted by Crippen LogP contribution is 2.07. The van der Waals surface area contributed by atoms with Crippen molar-refractivity contribution in [2.75, 3.05) is 6.54 Å². The van der Waals surface area contributed by atoms with E-state index >= 15 is 0 Å². The first-order valence-corrected chi connectivity index (χ1v) is 5.77. The number of rotatable bonds is 6. The van der Waals surface area contributed by atoms with E-state index in [4.69, 9.17) is 0 Å². The predicted octanol–water partition coefficient (Wildman–Crippen LogP) is 3.11. The molecule has 15 heavy (non-hydrogen) atoms. The summed E-state index contributed by atoms with van der Waals surface area (Å²) in [7, 11) is 0. The van der Waals surface area contributed by atoms with Crippen LogP contribution >= 0.6 is 0 Å². The van der Waals surface area contributed by atoms with Gasteiger partial charge in [-0.15, -0.1) is 0 Å². The average Bonchev–Trinajstić information content (AvgIpc) is 2.29. The van der Waals surface area contributed by atoms with Crippen LogP contribution in [-0.4, -0.2) is 22.9 Å². The highest BCUT2D eigenvalue weighted by Gasteiger charge is 2.11. The Bertz CT molecular complexity index is 256. The third-order valence-electron chi connectivity index (χ3n) is 2.84. The summed E-state index contributed by atoms with van der Waals surface area (Å²) in [5, 5.41) is 11.3. The van der Waals surface area contributed by atoms with E-state index in [0.29, 0.717) is 6.04 Å². The molecule has 0 atom stereocenters. The van der Waals surface area contributed by atoms with Crippen molar-refractivity contribution in [2.24, 2.45) is 0 Å². The molecule has 1 N–H and O–H groups in total. The fourth-order valence-electron chi connectivity index (χ4n) is 1.78. The fraction of sp³-hybridized carbons (Fsp3) is 0.538. The van der Waals surface area contributed by atoms with Crippen molar-refractivity contribution >= 4 is 0 Å². The lowest BCUT2D eigenvalue weighted by Gasteiger charge is -2.23. The van der Waals surface area contributed by atoms with Crippen molar-refractivity contribution in [3.05, 3.63) is 35.9 Å². The van der Waals surface area contributed by atoms with Crippen LogP contribution in [0.5, 0.6) is 0 Å². The summed E-state index contributed by atoms with van der Waals surface area (Å²) in [6, 6.07) is 10.6. The molecule has 0 amide bonds. The second-order valence-corrected chi connectivity index (χ2v) is 3.87. The molecule has 2 heteroatoms. The van der Waals surface area contributed by atoms with Gasteiger partial charge in [-0.25, -0.2) is 0 Å². The largest absolute Gasteiger partial charge is 0.314 e. The minimum atomic E-state index is 0.300. The summed E-state index contributed by atoms with van der Waals surface area (Å²) in [5.41, 5.74) is 1.28. The Labute approximate surface area is 92.5 Å². The third-order valence-corrected chi connectivity index (χ3v) is 2.84. The molecule has 0 bridgehead atoms. The molecule has 1 aromatic carbocycles. The van der Waals surface area contributed by atoms with Crippen LogP contribution in [0.15, 0.2) is 30.3 Å². The van der Waals surface area contributed by atoms with E-state index in [-0.39, 0.29) is 0 Å². The molecule has 0 heterocycles. The zero-order valence-corrected chi connectivity index (χ0v) is 9.69. The lowest BCUT2D eigenvalue weighted by Crippen LogP contribution is -2.32. The lowest BCUT2D eigenvalue weighted by molar-refractivity contribution is -0.127. The van der Waals surface area contributed by atoms with Crippen LogP contribution in [0, 0.1) is 0 Å². The van der Waals surface area contributed by atoms with Crippen molar-refractivity contribution in [3.63, 3.8) is 0 Å². The second kappa shape index (κ2) is 6.59. The zero-order chi connectivity index (χ0) is 11.1. The molecule has 2 nitrogen and oxygen atoms in total. The summed E-state index contributed by atoms with van der Waals surface area (Å²) in [5.74, 6) is 0. The molecule has 0 unspecified atom stereocenters. The normalized spacial score (nSPS) is 11.3. The molecule has 84 valence electrons. The van der Waals surface area contributed by atoms with Gasteiger partial charge < -0.3 is 5.21 Å². The second-order valence-electron chi connectivity index (χ2n) is 3.87. The highest BCUT2D eigenvalue weighted by atomic mass is 16.5. The van der Waals surface area contributed by atoms with Gasteiger partial charge in [-0.05, 0) is 24.8 Å². The van der Waals surface area contributed by atoms with Gasteiger partial charge in [0.15, 0.2) is 0 Å². The summed E-state index contributed by atoms with van der Waals surface area (Å²) in [4.78, 5) is 0. The number of hydrogen-bond acceptors (Lipinski definition) is 2. The van der Waals surface area contributed by atoms with Gasteiger partial charge in [-0.3, -0.25) is 0 Å². The van der Waals surface area contributed by atoms with Crippen LogP contribution in [0.25, 0.3) is 0 Å². The molecule has 1 aromatic rings. The summed E-state index contributed by atoms with van der Waals surface area (Å²) >= 11 is 0. The molecule has 0 aromatic heterocycles. The van der Waals surface area contributed by atoms with Crippen LogP contribution in [-0.2, 0) is 6.42 Å². The van der Waals surface area contributed by atoms with Gasteiger partial charge >= 0.3 is 0 Å². The van der Waals surface area contributed by atoms with Crippen LogP contribution in [0.2, 0.25) is 0 Å². The van der Waals surface area contributed by atoms with Crippen molar-refractivity contribution in [1.29, 1.82) is 0 Å². The highest BCUT2D eigenvalue weighted by molar-refractivity contribution is 5.14. The van der Waals surface area contributed by atoms with Crippen LogP contribution in [0.1, 0.15) is 32.3 Å². The van der Waals surface area contributed by atoms with E-state index in [0.717, 1.165) is 25.8 Å². The van der Waals surface area contributed by atoms with Crippen LogP contribution < -0.4 is 0 Å². The molecule has 0 aliphatic carbocycles. The minimum absolute atomic E-state index is 0.300.